The van der Waals surface area contributed by atoms with Crippen LogP contribution < -0.4 is 10.2 Å². The topological polar surface area (TPSA) is 73.0 Å². The summed E-state index contributed by atoms with van der Waals surface area (Å²) in [5.41, 5.74) is 2.82. The van der Waals surface area contributed by atoms with Crippen molar-refractivity contribution < 1.29 is 14.4 Å². The van der Waals surface area contributed by atoms with Crippen molar-refractivity contribution in [2.24, 2.45) is 0 Å². The Bertz CT molecular complexity index is 921. The molecule has 0 saturated carbocycles. The zero-order valence-corrected chi connectivity index (χ0v) is 17.1. The number of carbonyl (C=O) groups is 3. The van der Waals surface area contributed by atoms with Crippen LogP contribution in [0.4, 0.5) is 10.5 Å². The van der Waals surface area contributed by atoms with Gasteiger partial charge >= 0.3 is 6.03 Å². The van der Waals surface area contributed by atoms with E-state index >= 15 is 0 Å². The van der Waals surface area contributed by atoms with Gasteiger partial charge in [-0.2, -0.15) is 0 Å². The predicted molar refractivity (Wildman–Crippen MR) is 114 cm³/mol. The maximum atomic E-state index is 12.7. The summed E-state index contributed by atoms with van der Waals surface area (Å²) in [6, 6.07) is 16.5. The molecule has 2 aliphatic rings. The van der Waals surface area contributed by atoms with Gasteiger partial charge in [-0.05, 0) is 36.8 Å². The fraction of sp³-hybridized carbons (Fsp3) is 0.348. The second-order valence-electron chi connectivity index (χ2n) is 7.81. The molecule has 1 N–H and O–H groups in total. The number of ketones is 1. The Labute approximate surface area is 176 Å². The van der Waals surface area contributed by atoms with Crippen molar-refractivity contribution in [1.29, 1.82) is 0 Å². The van der Waals surface area contributed by atoms with E-state index in [2.05, 4.69) is 15.1 Å². The van der Waals surface area contributed by atoms with Crippen LogP contribution in [0, 0.1) is 0 Å². The smallest absolute Gasteiger partial charge is 0.325 e. The van der Waals surface area contributed by atoms with E-state index in [1.54, 1.807) is 6.92 Å². The lowest BCUT2D eigenvalue weighted by molar-refractivity contribution is -0.129. The van der Waals surface area contributed by atoms with Crippen molar-refractivity contribution in [1.82, 2.24) is 15.1 Å². The monoisotopic (exact) mass is 406 g/mol. The zero-order chi connectivity index (χ0) is 21.1. The SMILES string of the molecule is CC(=O)c1ccc(N2CCN(CN3C(=O)N[C@H](Cc4ccccc4)C3=O)CC2)cc1. The first-order valence-electron chi connectivity index (χ1n) is 10.3. The average Bonchev–Trinajstić information content (AvgIpc) is 3.02. The standard InChI is InChI=1S/C23H26N4O3/c1-17(28)19-7-9-20(10-8-19)26-13-11-25(12-14-26)16-27-22(29)21(24-23(27)30)15-18-5-3-2-4-6-18/h2-10,21H,11-16H2,1H3,(H,24,30)/t21-/m1/s1. The van der Waals surface area contributed by atoms with Gasteiger partial charge in [0.25, 0.3) is 5.91 Å². The van der Waals surface area contributed by atoms with Gasteiger partial charge < -0.3 is 10.2 Å². The van der Waals surface area contributed by atoms with Gasteiger partial charge in [0.05, 0.1) is 6.67 Å². The molecule has 30 heavy (non-hydrogen) atoms. The summed E-state index contributed by atoms with van der Waals surface area (Å²) in [5.74, 6) is -0.100. The molecule has 2 heterocycles. The lowest BCUT2D eigenvalue weighted by Crippen LogP contribution is -2.51. The van der Waals surface area contributed by atoms with Crippen LogP contribution in [-0.4, -0.2) is 66.4 Å². The highest BCUT2D eigenvalue weighted by molar-refractivity contribution is 6.04. The van der Waals surface area contributed by atoms with E-state index in [1.807, 2.05) is 54.6 Å². The van der Waals surface area contributed by atoms with E-state index in [0.717, 1.165) is 37.4 Å². The number of anilines is 1. The van der Waals surface area contributed by atoms with Crippen molar-refractivity contribution in [3.05, 3.63) is 65.7 Å². The van der Waals surface area contributed by atoms with Crippen molar-refractivity contribution in [3.63, 3.8) is 0 Å². The van der Waals surface area contributed by atoms with Crippen molar-refractivity contribution in [3.8, 4) is 0 Å². The molecule has 0 aromatic heterocycles. The third kappa shape index (κ3) is 4.36. The molecular weight excluding hydrogens is 380 g/mol. The van der Waals surface area contributed by atoms with E-state index in [4.69, 9.17) is 0 Å². The van der Waals surface area contributed by atoms with E-state index < -0.39 is 6.04 Å². The number of rotatable bonds is 6. The number of benzene rings is 2. The molecule has 7 heteroatoms. The van der Waals surface area contributed by atoms with Gasteiger partial charge in [-0.3, -0.25) is 14.5 Å². The molecule has 0 bridgehead atoms. The van der Waals surface area contributed by atoms with Crippen LogP contribution in [-0.2, 0) is 11.2 Å². The predicted octanol–water partition coefficient (Wildman–Crippen LogP) is 2.13. The van der Waals surface area contributed by atoms with Gasteiger partial charge in [0.1, 0.15) is 6.04 Å². The second-order valence-corrected chi connectivity index (χ2v) is 7.81. The number of carbonyl (C=O) groups excluding carboxylic acids is 3. The van der Waals surface area contributed by atoms with Gasteiger partial charge in [-0.25, -0.2) is 9.69 Å². The first-order valence-corrected chi connectivity index (χ1v) is 10.3. The van der Waals surface area contributed by atoms with Crippen LogP contribution in [0.1, 0.15) is 22.8 Å². The molecule has 2 fully saturated rings. The summed E-state index contributed by atoms with van der Waals surface area (Å²) in [7, 11) is 0. The summed E-state index contributed by atoms with van der Waals surface area (Å²) in [4.78, 5) is 42.2. The van der Waals surface area contributed by atoms with Crippen LogP contribution in [0.2, 0.25) is 0 Å². The van der Waals surface area contributed by atoms with Gasteiger partial charge in [0.15, 0.2) is 5.78 Å². The number of nitrogens with one attached hydrogen (secondary N) is 1. The Morgan fingerprint density at radius 2 is 1.63 bits per heavy atom. The molecular formula is C23H26N4O3. The van der Waals surface area contributed by atoms with Crippen LogP contribution in [0.25, 0.3) is 0 Å². The highest BCUT2D eigenvalue weighted by Crippen LogP contribution is 2.19. The normalized spacial score (nSPS) is 19.8. The van der Waals surface area contributed by atoms with E-state index in [0.29, 0.717) is 18.7 Å². The van der Waals surface area contributed by atoms with Crippen molar-refractivity contribution in [2.75, 3.05) is 37.7 Å². The van der Waals surface area contributed by atoms with Crippen LogP contribution in [0.3, 0.4) is 0 Å². The van der Waals surface area contributed by atoms with Crippen molar-refractivity contribution in [2.45, 2.75) is 19.4 Å². The minimum Gasteiger partial charge on any atom is -0.369 e. The lowest BCUT2D eigenvalue weighted by Gasteiger charge is -2.37. The minimum atomic E-state index is -0.499. The molecule has 2 saturated heterocycles. The molecule has 0 unspecified atom stereocenters. The third-order valence-corrected chi connectivity index (χ3v) is 5.74. The maximum absolute atomic E-state index is 12.7. The first kappa shape index (κ1) is 20.1. The van der Waals surface area contributed by atoms with E-state index in [1.165, 1.54) is 4.90 Å². The Kier molecular flexibility index (Phi) is 5.81. The minimum absolute atomic E-state index is 0.0606. The molecule has 1 atom stereocenters. The summed E-state index contributed by atoms with van der Waals surface area (Å²) < 4.78 is 0. The number of Topliss-reactive ketones (excluding diaryl/α,β-unsaturated/α-hetero) is 1. The highest BCUT2D eigenvalue weighted by Gasteiger charge is 2.38. The number of urea groups is 1. The Morgan fingerprint density at radius 1 is 0.967 bits per heavy atom. The van der Waals surface area contributed by atoms with Gasteiger partial charge in [0, 0.05) is 43.9 Å². The number of hydrogen-bond donors (Lipinski definition) is 1. The highest BCUT2D eigenvalue weighted by atomic mass is 16.2. The second kappa shape index (κ2) is 8.67. The van der Waals surface area contributed by atoms with E-state index in [-0.39, 0.29) is 17.7 Å². The van der Waals surface area contributed by atoms with E-state index in [9.17, 15) is 14.4 Å². The molecule has 0 radical (unpaired) electrons. The summed E-state index contributed by atoms with van der Waals surface area (Å²) in [6.45, 7) is 5.00. The van der Waals surface area contributed by atoms with Gasteiger partial charge in [0.2, 0.25) is 0 Å². The average molecular weight is 406 g/mol. The molecule has 4 rings (SSSR count). The largest absolute Gasteiger partial charge is 0.369 e. The van der Waals surface area contributed by atoms with Gasteiger partial charge in [-0.15, -0.1) is 0 Å². The zero-order valence-electron chi connectivity index (χ0n) is 17.1. The lowest BCUT2D eigenvalue weighted by atomic mass is 10.1. The van der Waals surface area contributed by atoms with Crippen LogP contribution in [0.15, 0.2) is 54.6 Å². The number of amides is 3. The Morgan fingerprint density at radius 3 is 2.27 bits per heavy atom. The fourth-order valence-electron chi connectivity index (χ4n) is 3.95. The molecule has 156 valence electrons. The summed E-state index contributed by atoms with van der Waals surface area (Å²) >= 11 is 0. The number of hydrogen-bond acceptors (Lipinski definition) is 5. The number of nitrogens with zero attached hydrogens (tertiary/aromatic N) is 3. The first-order chi connectivity index (χ1) is 14.5. The Balaban J connectivity index is 1.30. The van der Waals surface area contributed by atoms with Crippen LogP contribution in [0.5, 0.6) is 0 Å². The molecule has 2 aromatic rings. The fourth-order valence-corrected chi connectivity index (χ4v) is 3.95. The Hall–Kier alpha value is -3.19. The molecule has 0 spiro atoms. The molecule has 7 nitrogen and oxygen atoms in total. The molecule has 3 amide bonds. The maximum Gasteiger partial charge on any atom is 0.325 e. The number of piperazine rings is 1. The quantitative estimate of drug-likeness (QED) is 0.588. The van der Waals surface area contributed by atoms with Gasteiger partial charge in [-0.1, -0.05) is 30.3 Å². The third-order valence-electron chi connectivity index (χ3n) is 5.74. The summed E-state index contributed by atoms with van der Waals surface area (Å²) in [6.07, 6.45) is 0.506. The summed E-state index contributed by atoms with van der Waals surface area (Å²) in [5, 5.41) is 2.81. The van der Waals surface area contributed by atoms with Crippen LogP contribution >= 0.6 is 0 Å². The molecule has 2 aromatic carbocycles. The molecule has 0 aliphatic carbocycles. The van der Waals surface area contributed by atoms with Crippen molar-refractivity contribution >= 4 is 23.4 Å². The molecule has 2 aliphatic heterocycles. The number of imide groups is 1.